The Morgan fingerprint density at radius 2 is 1.78 bits per heavy atom. The molecule has 1 aliphatic heterocycles. The first-order valence-corrected chi connectivity index (χ1v) is 9.76. The number of ether oxygens (including phenoxy) is 1. The highest BCUT2D eigenvalue weighted by atomic mass is 16.5. The monoisotopic (exact) mass is 357 g/mol. The zero-order valence-electron chi connectivity index (χ0n) is 15.3. The summed E-state index contributed by atoms with van der Waals surface area (Å²) < 4.78 is 6.29. The number of para-hydroxylation sites is 1. The Balaban J connectivity index is 1.39. The smallest absolute Gasteiger partial charge is 0.224 e. The SMILES string of the molecule is O=C(Cc1cccc2ccccc12)NC1CC2(CCC2)Oc2ccccc21. The number of amides is 1. The molecule has 0 radical (unpaired) electrons. The number of hydrogen-bond donors (Lipinski definition) is 1. The fourth-order valence-corrected chi connectivity index (χ4v) is 4.49. The number of nitrogens with one attached hydrogen (secondary N) is 1. The van der Waals surface area contributed by atoms with Crippen LogP contribution in [0, 0.1) is 0 Å². The van der Waals surface area contributed by atoms with E-state index in [9.17, 15) is 4.79 Å². The van der Waals surface area contributed by atoms with Gasteiger partial charge in [0.15, 0.2) is 0 Å². The van der Waals surface area contributed by atoms with E-state index in [4.69, 9.17) is 4.74 Å². The van der Waals surface area contributed by atoms with Gasteiger partial charge in [-0.05, 0) is 41.7 Å². The van der Waals surface area contributed by atoms with E-state index < -0.39 is 0 Å². The molecule has 1 aliphatic carbocycles. The fraction of sp³-hybridized carbons (Fsp3) is 0.292. The molecule has 0 aromatic heterocycles. The molecule has 5 rings (SSSR count). The Labute approximate surface area is 159 Å². The molecule has 1 heterocycles. The van der Waals surface area contributed by atoms with Gasteiger partial charge in [0.2, 0.25) is 5.91 Å². The summed E-state index contributed by atoms with van der Waals surface area (Å²) >= 11 is 0. The Kier molecular flexibility index (Phi) is 3.89. The van der Waals surface area contributed by atoms with Crippen LogP contribution in [0.2, 0.25) is 0 Å². The van der Waals surface area contributed by atoms with Crippen LogP contribution in [0.1, 0.15) is 42.9 Å². The van der Waals surface area contributed by atoms with Crippen LogP contribution in [0.4, 0.5) is 0 Å². The minimum absolute atomic E-state index is 0.0257. The van der Waals surface area contributed by atoms with Crippen molar-refractivity contribution in [3.63, 3.8) is 0 Å². The van der Waals surface area contributed by atoms with E-state index in [1.54, 1.807) is 0 Å². The molecule has 3 aromatic rings. The maximum Gasteiger partial charge on any atom is 0.224 e. The number of benzene rings is 3. The standard InChI is InChI=1S/C24H23NO2/c26-23(15-18-9-5-8-17-7-1-2-10-19(17)18)25-21-16-24(13-6-14-24)27-22-12-4-3-11-20(21)22/h1-5,7-12,21H,6,13-16H2,(H,25,26). The third kappa shape index (κ3) is 2.97. The van der Waals surface area contributed by atoms with Crippen molar-refractivity contribution in [3.05, 3.63) is 77.9 Å². The van der Waals surface area contributed by atoms with Gasteiger partial charge in [-0.15, -0.1) is 0 Å². The van der Waals surface area contributed by atoms with Crippen molar-refractivity contribution < 1.29 is 9.53 Å². The van der Waals surface area contributed by atoms with E-state index in [0.29, 0.717) is 6.42 Å². The van der Waals surface area contributed by atoms with Gasteiger partial charge >= 0.3 is 0 Å². The molecule has 3 nitrogen and oxygen atoms in total. The van der Waals surface area contributed by atoms with Crippen molar-refractivity contribution in [1.82, 2.24) is 5.32 Å². The van der Waals surface area contributed by atoms with Gasteiger partial charge in [0.05, 0.1) is 12.5 Å². The summed E-state index contributed by atoms with van der Waals surface area (Å²) in [4.78, 5) is 12.9. The zero-order chi connectivity index (χ0) is 18.3. The van der Waals surface area contributed by atoms with Crippen LogP contribution in [-0.2, 0) is 11.2 Å². The summed E-state index contributed by atoms with van der Waals surface area (Å²) in [6.45, 7) is 0. The lowest BCUT2D eigenvalue weighted by Crippen LogP contribution is -2.49. The molecular formula is C24H23NO2. The molecule has 0 bridgehead atoms. The van der Waals surface area contributed by atoms with Crippen molar-refractivity contribution in [3.8, 4) is 5.75 Å². The molecule has 0 saturated heterocycles. The molecule has 136 valence electrons. The topological polar surface area (TPSA) is 38.3 Å². The van der Waals surface area contributed by atoms with E-state index in [0.717, 1.165) is 41.5 Å². The molecule has 3 aromatic carbocycles. The summed E-state index contributed by atoms with van der Waals surface area (Å²) in [7, 11) is 0. The van der Waals surface area contributed by atoms with Crippen molar-refractivity contribution >= 4 is 16.7 Å². The van der Waals surface area contributed by atoms with E-state index in [-0.39, 0.29) is 17.6 Å². The first kappa shape index (κ1) is 16.4. The van der Waals surface area contributed by atoms with Gasteiger partial charge in [-0.25, -0.2) is 0 Å². The Morgan fingerprint density at radius 3 is 2.63 bits per heavy atom. The second-order valence-corrected chi connectivity index (χ2v) is 7.82. The Bertz CT molecular complexity index is 1000. The van der Waals surface area contributed by atoms with Crippen molar-refractivity contribution in [2.24, 2.45) is 0 Å². The van der Waals surface area contributed by atoms with Gasteiger partial charge in [0.1, 0.15) is 11.4 Å². The van der Waals surface area contributed by atoms with Crippen LogP contribution in [0.3, 0.4) is 0 Å². The van der Waals surface area contributed by atoms with Crippen molar-refractivity contribution in [1.29, 1.82) is 0 Å². The van der Waals surface area contributed by atoms with Crippen molar-refractivity contribution in [2.75, 3.05) is 0 Å². The number of carbonyl (C=O) groups is 1. The number of fused-ring (bicyclic) bond motifs is 2. The Morgan fingerprint density at radius 1 is 1.00 bits per heavy atom. The highest BCUT2D eigenvalue weighted by molar-refractivity contribution is 5.90. The lowest BCUT2D eigenvalue weighted by molar-refractivity contribution is -0.122. The zero-order valence-corrected chi connectivity index (χ0v) is 15.3. The van der Waals surface area contributed by atoms with Gasteiger partial charge in [0.25, 0.3) is 0 Å². The van der Waals surface area contributed by atoms with Gasteiger partial charge in [-0.1, -0.05) is 60.7 Å². The molecular weight excluding hydrogens is 334 g/mol. The van der Waals surface area contributed by atoms with Crippen LogP contribution in [0.5, 0.6) is 5.75 Å². The lowest BCUT2D eigenvalue weighted by atomic mass is 9.73. The quantitative estimate of drug-likeness (QED) is 0.721. The molecule has 1 spiro atoms. The van der Waals surface area contributed by atoms with Crippen LogP contribution in [-0.4, -0.2) is 11.5 Å². The van der Waals surface area contributed by atoms with Crippen LogP contribution in [0.15, 0.2) is 66.7 Å². The van der Waals surface area contributed by atoms with Crippen LogP contribution < -0.4 is 10.1 Å². The van der Waals surface area contributed by atoms with Crippen molar-refractivity contribution in [2.45, 2.75) is 43.7 Å². The highest BCUT2D eigenvalue weighted by Gasteiger charge is 2.45. The molecule has 3 heteroatoms. The summed E-state index contributed by atoms with van der Waals surface area (Å²) in [5.41, 5.74) is 2.09. The lowest BCUT2D eigenvalue weighted by Gasteiger charge is -2.48. The normalized spacial score (nSPS) is 19.8. The maximum absolute atomic E-state index is 12.9. The third-order valence-electron chi connectivity index (χ3n) is 6.03. The first-order valence-electron chi connectivity index (χ1n) is 9.76. The number of carbonyl (C=O) groups excluding carboxylic acids is 1. The van der Waals surface area contributed by atoms with E-state index >= 15 is 0 Å². The fourth-order valence-electron chi connectivity index (χ4n) is 4.49. The van der Waals surface area contributed by atoms with Crippen LogP contribution in [0.25, 0.3) is 10.8 Å². The number of hydrogen-bond acceptors (Lipinski definition) is 2. The molecule has 1 fully saturated rings. The van der Waals surface area contributed by atoms with Gasteiger partial charge in [-0.2, -0.15) is 0 Å². The van der Waals surface area contributed by atoms with Gasteiger partial charge in [-0.3, -0.25) is 4.79 Å². The molecule has 1 N–H and O–H groups in total. The summed E-state index contributed by atoms with van der Waals surface area (Å²) in [6, 6.07) is 22.5. The predicted molar refractivity (Wildman–Crippen MR) is 107 cm³/mol. The number of rotatable bonds is 3. The molecule has 1 atom stereocenters. The molecule has 1 unspecified atom stereocenters. The second-order valence-electron chi connectivity index (χ2n) is 7.82. The van der Waals surface area contributed by atoms with Gasteiger partial charge < -0.3 is 10.1 Å². The summed E-state index contributed by atoms with van der Waals surface area (Å²) in [5.74, 6) is 1.00. The minimum Gasteiger partial charge on any atom is -0.487 e. The molecule has 1 saturated carbocycles. The first-order chi connectivity index (χ1) is 13.2. The predicted octanol–water partition coefficient (Wildman–Crippen LogP) is 4.95. The van der Waals surface area contributed by atoms with E-state index in [1.807, 2.05) is 42.5 Å². The van der Waals surface area contributed by atoms with E-state index in [2.05, 4.69) is 29.6 Å². The maximum atomic E-state index is 12.9. The minimum atomic E-state index is -0.0776. The second kappa shape index (κ2) is 6.41. The average Bonchev–Trinajstić information content (AvgIpc) is 2.67. The molecule has 2 aliphatic rings. The van der Waals surface area contributed by atoms with Crippen LogP contribution >= 0.6 is 0 Å². The average molecular weight is 357 g/mol. The molecule has 27 heavy (non-hydrogen) atoms. The van der Waals surface area contributed by atoms with Gasteiger partial charge in [0, 0.05) is 12.0 Å². The van der Waals surface area contributed by atoms with E-state index in [1.165, 1.54) is 11.8 Å². The third-order valence-corrected chi connectivity index (χ3v) is 6.03. The Hall–Kier alpha value is -2.81. The highest BCUT2D eigenvalue weighted by Crippen LogP contribution is 2.48. The summed E-state index contributed by atoms with van der Waals surface area (Å²) in [6.07, 6.45) is 4.63. The summed E-state index contributed by atoms with van der Waals surface area (Å²) in [5, 5.41) is 5.62. The largest absolute Gasteiger partial charge is 0.487 e. The molecule has 1 amide bonds.